The molecule has 1 fully saturated rings. The van der Waals surface area contributed by atoms with Crippen molar-refractivity contribution in [3.8, 4) is 0 Å². The number of piperazine rings is 1. The Hall–Kier alpha value is -2.79. The smallest absolute Gasteiger partial charge is 0.338 e. The Morgan fingerprint density at radius 2 is 1.77 bits per heavy atom. The second kappa shape index (κ2) is 7.80. The third-order valence-electron chi connectivity index (χ3n) is 5.54. The van der Waals surface area contributed by atoms with Crippen LogP contribution in [0, 0.1) is 5.82 Å². The zero-order valence-corrected chi connectivity index (χ0v) is 16.9. The van der Waals surface area contributed by atoms with Crippen LogP contribution in [0.5, 0.6) is 0 Å². The molecule has 1 aromatic heterocycles. The number of fused-ring (bicyclic) bond motifs is 1. The lowest BCUT2D eigenvalue weighted by atomic mass is 10.1. The van der Waals surface area contributed by atoms with Crippen molar-refractivity contribution >= 4 is 21.9 Å². The van der Waals surface area contributed by atoms with Gasteiger partial charge in [-0.25, -0.2) is 17.6 Å². The van der Waals surface area contributed by atoms with Crippen molar-refractivity contribution in [1.29, 1.82) is 0 Å². The highest BCUT2D eigenvalue weighted by Gasteiger charge is 2.32. The number of aryl methyl sites for hydroxylation is 1. The Labute approximate surface area is 172 Å². The van der Waals surface area contributed by atoms with Crippen LogP contribution in [-0.2, 0) is 23.0 Å². The first kappa shape index (κ1) is 20.5. The lowest BCUT2D eigenvalue weighted by Crippen LogP contribution is -2.50. The predicted molar refractivity (Wildman–Crippen MR) is 103 cm³/mol. The number of rotatable bonds is 4. The molecule has 1 N–H and O–H groups in total. The number of benzene rings is 1. The van der Waals surface area contributed by atoms with E-state index in [0.29, 0.717) is 5.56 Å². The van der Waals surface area contributed by atoms with Crippen molar-refractivity contribution in [3.63, 3.8) is 0 Å². The van der Waals surface area contributed by atoms with Gasteiger partial charge in [-0.2, -0.15) is 9.40 Å². The van der Waals surface area contributed by atoms with Crippen LogP contribution in [0.1, 0.15) is 39.3 Å². The number of hydrogen-bond donors (Lipinski definition) is 1. The maximum absolute atomic E-state index is 13.6. The normalized spacial score (nSPS) is 17.6. The predicted octanol–water partition coefficient (Wildman–Crippen LogP) is 1.20. The van der Waals surface area contributed by atoms with E-state index < -0.39 is 27.4 Å². The van der Waals surface area contributed by atoms with Gasteiger partial charge >= 0.3 is 5.97 Å². The van der Waals surface area contributed by atoms with Gasteiger partial charge in [-0.15, -0.1) is 0 Å². The van der Waals surface area contributed by atoms with Crippen LogP contribution in [0.2, 0.25) is 0 Å². The standard InChI is InChI=1S/C19H21FN4O5S/c20-16-5-4-13(11-14(16)19(26)27)30(28,29)23-9-7-22(8-10-23)18(25)15-12-21-24-6-2-1-3-17(15)24/h4-5,11-12H,1-3,6-10H2,(H,26,27). The molecule has 2 aromatic rings. The molecular formula is C19H21FN4O5S. The van der Waals surface area contributed by atoms with Gasteiger partial charge in [-0.3, -0.25) is 9.48 Å². The fraction of sp³-hybridized carbons (Fsp3) is 0.421. The first-order valence-corrected chi connectivity index (χ1v) is 11.1. The van der Waals surface area contributed by atoms with E-state index in [-0.39, 0.29) is 37.0 Å². The Morgan fingerprint density at radius 3 is 2.47 bits per heavy atom. The number of carbonyl (C=O) groups excluding carboxylic acids is 1. The molecule has 3 heterocycles. The van der Waals surface area contributed by atoms with Crippen LogP contribution in [0.3, 0.4) is 0 Å². The molecule has 2 aliphatic rings. The Balaban J connectivity index is 1.48. The number of sulfonamides is 1. The van der Waals surface area contributed by atoms with Gasteiger partial charge in [0.05, 0.1) is 27.9 Å². The highest BCUT2D eigenvalue weighted by atomic mass is 32.2. The summed E-state index contributed by atoms with van der Waals surface area (Å²) in [6.07, 6.45) is 4.42. The minimum atomic E-state index is -4.00. The topological polar surface area (TPSA) is 113 Å². The summed E-state index contributed by atoms with van der Waals surface area (Å²) in [5.41, 5.74) is 0.792. The van der Waals surface area contributed by atoms with Crippen LogP contribution < -0.4 is 0 Å². The van der Waals surface area contributed by atoms with Gasteiger partial charge < -0.3 is 10.0 Å². The monoisotopic (exact) mass is 436 g/mol. The molecular weight excluding hydrogens is 415 g/mol. The SMILES string of the molecule is O=C(O)c1cc(S(=O)(=O)N2CCN(C(=O)c3cnn4c3CCCC4)CC2)ccc1F. The Morgan fingerprint density at radius 1 is 1.03 bits per heavy atom. The van der Waals surface area contributed by atoms with Crippen LogP contribution >= 0.6 is 0 Å². The third-order valence-corrected chi connectivity index (χ3v) is 7.44. The first-order valence-electron chi connectivity index (χ1n) is 9.66. The van der Waals surface area contributed by atoms with Crippen molar-refractivity contribution in [3.05, 3.63) is 47.0 Å². The Kier molecular flexibility index (Phi) is 5.33. The number of halogens is 1. The zero-order chi connectivity index (χ0) is 21.5. The van der Waals surface area contributed by atoms with E-state index in [0.717, 1.165) is 49.7 Å². The summed E-state index contributed by atoms with van der Waals surface area (Å²) in [6, 6.07) is 2.71. The molecule has 1 amide bonds. The summed E-state index contributed by atoms with van der Waals surface area (Å²) in [5, 5.41) is 13.3. The highest BCUT2D eigenvalue weighted by Crippen LogP contribution is 2.23. The van der Waals surface area contributed by atoms with Crippen LogP contribution in [0.15, 0.2) is 29.3 Å². The van der Waals surface area contributed by atoms with Gasteiger partial charge in [0.15, 0.2) is 0 Å². The maximum atomic E-state index is 13.6. The van der Waals surface area contributed by atoms with E-state index >= 15 is 0 Å². The zero-order valence-electron chi connectivity index (χ0n) is 16.1. The molecule has 0 saturated carbocycles. The third kappa shape index (κ3) is 3.58. The molecule has 160 valence electrons. The molecule has 2 aliphatic heterocycles. The summed E-state index contributed by atoms with van der Waals surface area (Å²) >= 11 is 0. The van der Waals surface area contributed by atoms with Gasteiger partial charge in [-0.1, -0.05) is 0 Å². The molecule has 0 bridgehead atoms. The van der Waals surface area contributed by atoms with Gasteiger partial charge in [0.25, 0.3) is 5.91 Å². The van der Waals surface area contributed by atoms with Crippen molar-refractivity contribution < 1.29 is 27.5 Å². The number of carbonyl (C=O) groups is 2. The van der Waals surface area contributed by atoms with Gasteiger partial charge in [0.1, 0.15) is 5.82 Å². The Bertz CT molecular complexity index is 1110. The fourth-order valence-corrected chi connectivity index (χ4v) is 5.33. The van der Waals surface area contributed by atoms with E-state index in [1.165, 1.54) is 4.31 Å². The fourth-order valence-electron chi connectivity index (χ4n) is 3.88. The quantitative estimate of drug-likeness (QED) is 0.771. The number of hydrogen-bond acceptors (Lipinski definition) is 5. The average molecular weight is 436 g/mol. The summed E-state index contributed by atoms with van der Waals surface area (Å²) in [6.45, 7) is 1.34. The van der Waals surface area contributed by atoms with Gasteiger partial charge in [-0.05, 0) is 37.5 Å². The van der Waals surface area contributed by atoms with Crippen LogP contribution in [0.4, 0.5) is 4.39 Å². The van der Waals surface area contributed by atoms with E-state index in [1.54, 1.807) is 11.1 Å². The lowest BCUT2D eigenvalue weighted by Gasteiger charge is -2.34. The van der Waals surface area contributed by atoms with Crippen molar-refractivity contribution in [2.24, 2.45) is 0 Å². The lowest BCUT2D eigenvalue weighted by molar-refractivity contribution is 0.0683. The summed E-state index contributed by atoms with van der Waals surface area (Å²) < 4.78 is 42.4. The van der Waals surface area contributed by atoms with Crippen molar-refractivity contribution in [2.75, 3.05) is 26.2 Å². The molecule has 9 nitrogen and oxygen atoms in total. The summed E-state index contributed by atoms with van der Waals surface area (Å²) in [4.78, 5) is 25.3. The molecule has 0 atom stereocenters. The first-order chi connectivity index (χ1) is 14.3. The molecule has 0 spiro atoms. The molecule has 0 aliphatic carbocycles. The largest absolute Gasteiger partial charge is 0.478 e. The second-order valence-corrected chi connectivity index (χ2v) is 9.27. The molecule has 11 heteroatoms. The van der Waals surface area contributed by atoms with Crippen molar-refractivity contribution in [1.82, 2.24) is 19.0 Å². The average Bonchev–Trinajstić information content (AvgIpc) is 3.17. The van der Waals surface area contributed by atoms with Gasteiger partial charge in [0, 0.05) is 32.7 Å². The number of carboxylic acids is 1. The molecule has 1 saturated heterocycles. The molecule has 1 aromatic carbocycles. The number of aromatic nitrogens is 2. The van der Waals surface area contributed by atoms with E-state index in [2.05, 4.69) is 5.10 Å². The van der Waals surface area contributed by atoms with E-state index in [1.807, 2.05) is 4.68 Å². The minimum absolute atomic E-state index is 0.0668. The highest BCUT2D eigenvalue weighted by molar-refractivity contribution is 7.89. The maximum Gasteiger partial charge on any atom is 0.338 e. The number of aromatic carboxylic acids is 1. The molecule has 0 unspecified atom stereocenters. The molecule has 4 rings (SSSR count). The number of carboxylic acid groups (broad SMARTS) is 1. The minimum Gasteiger partial charge on any atom is -0.478 e. The summed E-state index contributed by atoms with van der Waals surface area (Å²) in [7, 11) is -4.00. The van der Waals surface area contributed by atoms with Crippen LogP contribution in [-0.4, -0.2) is 70.6 Å². The van der Waals surface area contributed by atoms with E-state index in [4.69, 9.17) is 5.11 Å². The van der Waals surface area contributed by atoms with E-state index in [9.17, 15) is 22.4 Å². The van der Waals surface area contributed by atoms with Crippen molar-refractivity contribution in [2.45, 2.75) is 30.7 Å². The second-order valence-electron chi connectivity index (χ2n) is 7.33. The van der Waals surface area contributed by atoms with Gasteiger partial charge in [0.2, 0.25) is 10.0 Å². The summed E-state index contributed by atoms with van der Waals surface area (Å²) in [5.74, 6) is -2.70. The number of nitrogens with zero attached hydrogens (tertiary/aromatic N) is 4. The van der Waals surface area contributed by atoms with Crippen LogP contribution in [0.25, 0.3) is 0 Å². The molecule has 30 heavy (non-hydrogen) atoms. The number of amides is 1. The molecule has 0 radical (unpaired) electrons.